The van der Waals surface area contributed by atoms with Crippen molar-refractivity contribution in [3.63, 3.8) is 0 Å². The molecule has 0 aliphatic carbocycles. The molecule has 0 radical (unpaired) electrons. The Hall–Kier alpha value is -1.51. The molecule has 3 nitrogen and oxygen atoms in total. The highest BCUT2D eigenvalue weighted by Crippen LogP contribution is 2.16. The van der Waals surface area contributed by atoms with Crippen LogP contribution in [0.2, 0.25) is 0 Å². The molecule has 0 atom stereocenters. The van der Waals surface area contributed by atoms with Gasteiger partial charge in [0.25, 0.3) is 0 Å². The number of carboxylic acids is 1. The molecule has 0 fully saturated rings. The largest absolute Gasteiger partial charge is 0.478 e. The van der Waals surface area contributed by atoms with E-state index < -0.39 is 5.97 Å². The summed E-state index contributed by atoms with van der Waals surface area (Å²) < 4.78 is 0. The maximum Gasteiger partial charge on any atom is 0.337 e. The Morgan fingerprint density at radius 3 is 2.77 bits per heavy atom. The number of aromatic carboxylic acids is 1. The van der Waals surface area contributed by atoms with Crippen molar-refractivity contribution >= 4 is 11.7 Å². The molecule has 0 amide bonds. The topological polar surface area (TPSA) is 49.3 Å². The van der Waals surface area contributed by atoms with Crippen molar-refractivity contribution in [2.24, 2.45) is 0 Å². The zero-order valence-electron chi connectivity index (χ0n) is 7.79. The lowest BCUT2D eigenvalue weighted by atomic mass is 10.1. The summed E-state index contributed by atoms with van der Waals surface area (Å²) in [6.07, 6.45) is 0. The van der Waals surface area contributed by atoms with Crippen molar-refractivity contribution in [3.8, 4) is 0 Å². The van der Waals surface area contributed by atoms with Gasteiger partial charge < -0.3 is 10.4 Å². The van der Waals surface area contributed by atoms with Crippen LogP contribution in [0, 0.1) is 6.92 Å². The fraction of sp³-hybridized carbons (Fsp3) is 0.300. The molecule has 0 aliphatic heterocycles. The lowest BCUT2D eigenvalue weighted by Crippen LogP contribution is -2.05. The van der Waals surface area contributed by atoms with Gasteiger partial charge in [0.2, 0.25) is 0 Å². The molecule has 0 aliphatic rings. The van der Waals surface area contributed by atoms with E-state index in [0.29, 0.717) is 11.3 Å². The standard InChI is InChI=1S/C10H13NO2/c1-3-11-9-5-4-7(2)6-8(9)10(12)13/h4-6,11H,3H2,1-2H3,(H,12,13). The minimum Gasteiger partial charge on any atom is -0.478 e. The van der Waals surface area contributed by atoms with Crippen LogP contribution in [0.5, 0.6) is 0 Å². The van der Waals surface area contributed by atoms with Crippen LogP contribution < -0.4 is 5.32 Å². The molecule has 3 heteroatoms. The number of carbonyl (C=O) groups is 1. The van der Waals surface area contributed by atoms with Crippen LogP contribution in [-0.4, -0.2) is 17.6 Å². The molecule has 1 aromatic rings. The molecule has 0 unspecified atom stereocenters. The average Bonchev–Trinajstić information content (AvgIpc) is 2.08. The van der Waals surface area contributed by atoms with Crippen molar-refractivity contribution in [1.82, 2.24) is 0 Å². The fourth-order valence-corrected chi connectivity index (χ4v) is 1.18. The number of carboxylic acid groups (broad SMARTS) is 1. The molecule has 1 rings (SSSR count). The highest BCUT2D eigenvalue weighted by Gasteiger charge is 2.08. The first-order valence-electron chi connectivity index (χ1n) is 4.23. The number of nitrogens with one attached hydrogen (secondary N) is 1. The van der Waals surface area contributed by atoms with E-state index in [-0.39, 0.29) is 0 Å². The number of hydrogen-bond donors (Lipinski definition) is 2. The number of rotatable bonds is 3. The van der Waals surface area contributed by atoms with E-state index >= 15 is 0 Å². The zero-order valence-corrected chi connectivity index (χ0v) is 7.79. The molecule has 70 valence electrons. The van der Waals surface area contributed by atoms with Crippen LogP contribution in [0.15, 0.2) is 18.2 Å². The minimum atomic E-state index is -0.889. The van der Waals surface area contributed by atoms with Crippen molar-refractivity contribution in [1.29, 1.82) is 0 Å². The Kier molecular flexibility index (Phi) is 2.90. The van der Waals surface area contributed by atoms with Crippen molar-refractivity contribution in [2.45, 2.75) is 13.8 Å². The normalized spacial score (nSPS) is 9.69. The predicted molar refractivity (Wildman–Crippen MR) is 52.3 cm³/mol. The Bertz CT molecular complexity index is 321. The first kappa shape index (κ1) is 9.58. The molecule has 1 aromatic carbocycles. The summed E-state index contributed by atoms with van der Waals surface area (Å²) >= 11 is 0. The molecule has 2 N–H and O–H groups in total. The first-order chi connectivity index (χ1) is 6.15. The number of anilines is 1. The average molecular weight is 179 g/mol. The van der Waals surface area contributed by atoms with Crippen molar-refractivity contribution in [3.05, 3.63) is 29.3 Å². The van der Waals surface area contributed by atoms with Gasteiger partial charge in [-0.25, -0.2) is 4.79 Å². The van der Waals surface area contributed by atoms with Crippen molar-refractivity contribution < 1.29 is 9.90 Å². The van der Waals surface area contributed by atoms with E-state index in [9.17, 15) is 4.79 Å². The van der Waals surface area contributed by atoms with Crippen LogP contribution in [0.1, 0.15) is 22.8 Å². The fourth-order valence-electron chi connectivity index (χ4n) is 1.18. The second-order valence-electron chi connectivity index (χ2n) is 2.88. The summed E-state index contributed by atoms with van der Waals surface area (Å²) in [6.45, 7) is 4.54. The molecule has 0 spiro atoms. The molecule has 13 heavy (non-hydrogen) atoms. The molecule has 0 bridgehead atoms. The van der Waals surface area contributed by atoms with Gasteiger partial charge in [-0.3, -0.25) is 0 Å². The van der Waals surface area contributed by atoms with E-state index in [2.05, 4.69) is 5.32 Å². The quantitative estimate of drug-likeness (QED) is 0.747. The molecular formula is C10H13NO2. The van der Waals surface area contributed by atoms with Crippen LogP contribution in [0.25, 0.3) is 0 Å². The summed E-state index contributed by atoms with van der Waals surface area (Å²) in [4.78, 5) is 10.8. The molecular weight excluding hydrogens is 166 g/mol. The lowest BCUT2D eigenvalue weighted by Gasteiger charge is -2.07. The van der Waals surface area contributed by atoms with Crippen LogP contribution >= 0.6 is 0 Å². The zero-order chi connectivity index (χ0) is 9.84. The van der Waals surface area contributed by atoms with Gasteiger partial charge in [0.1, 0.15) is 0 Å². The Morgan fingerprint density at radius 2 is 2.23 bits per heavy atom. The first-order valence-corrected chi connectivity index (χ1v) is 4.23. The summed E-state index contributed by atoms with van der Waals surface area (Å²) in [5, 5.41) is 11.9. The van der Waals surface area contributed by atoms with Crippen molar-refractivity contribution in [2.75, 3.05) is 11.9 Å². The second kappa shape index (κ2) is 3.94. The summed E-state index contributed by atoms with van der Waals surface area (Å²) in [6, 6.07) is 5.35. The van der Waals surface area contributed by atoms with Gasteiger partial charge in [-0.2, -0.15) is 0 Å². The number of hydrogen-bond acceptors (Lipinski definition) is 2. The van der Waals surface area contributed by atoms with Crippen LogP contribution in [-0.2, 0) is 0 Å². The number of aryl methyl sites for hydroxylation is 1. The molecule has 0 saturated carbocycles. The Labute approximate surface area is 77.4 Å². The van der Waals surface area contributed by atoms with Crippen LogP contribution in [0.3, 0.4) is 0 Å². The Morgan fingerprint density at radius 1 is 1.54 bits per heavy atom. The summed E-state index contributed by atoms with van der Waals surface area (Å²) in [5.41, 5.74) is 1.97. The van der Waals surface area contributed by atoms with Gasteiger partial charge >= 0.3 is 5.97 Å². The summed E-state index contributed by atoms with van der Waals surface area (Å²) in [5.74, 6) is -0.889. The lowest BCUT2D eigenvalue weighted by molar-refractivity contribution is 0.0698. The molecule has 0 aromatic heterocycles. The van der Waals surface area contributed by atoms with E-state index in [1.165, 1.54) is 0 Å². The highest BCUT2D eigenvalue weighted by molar-refractivity contribution is 5.94. The summed E-state index contributed by atoms with van der Waals surface area (Å²) in [7, 11) is 0. The van der Waals surface area contributed by atoms with Gasteiger partial charge in [-0.1, -0.05) is 11.6 Å². The third kappa shape index (κ3) is 2.21. The maximum atomic E-state index is 10.8. The van der Waals surface area contributed by atoms with E-state index in [1.54, 1.807) is 12.1 Å². The van der Waals surface area contributed by atoms with Gasteiger partial charge in [0.15, 0.2) is 0 Å². The Balaban J connectivity index is 3.10. The smallest absolute Gasteiger partial charge is 0.337 e. The minimum absolute atomic E-state index is 0.335. The third-order valence-electron chi connectivity index (χ3n) is 1.77. The predicted octanol–water partition coefficient (Wildman–Crippen LogP) is 2.13. The second-order valence-corrected chi connectivity index (χ2v) is 2.88. The van der Waals surface area contributed by atoms with E-state index in [1.807, 2.05) is 19.9 Å². The van der Waals surface area contributed by atoms with Gasteiger partial charge in [0, 0.05) is 12.2 Å². The SMILES string of the molecule is CCNc1ccc(C)cc1C(=O)O. The maximum absolute atomic E-state index is 10.8. The van der Waals surface area contributed by atoms with E-state index in [0.717, 1.165) is 12.1 Å². The molecule has 0 saturated heterocycles. The number of benzene rings is 1. The van der Waals surface area contributed by atoms with Gasteiger partial charge in [-0.05, 0) is 26.0 Å². The van der Waals surface area contributed by atoms with E-state index in [4.69, 9.17) is 5.11 Å². The van der Waals surface area contributed by atoms with Crippen LogP contribution in [0.4, 0.5) is 5.69 Å². The van der Waals surface area contributed by atoms with Gasteiger partial charge in [-0.15, -0.1) is 0 Å². The van der Waals surface area contributed by atoms with Gasteiger partial charge in [0.05, 0.1) is 5.56 Å². The third-order valence-corrected chi connectivity index (χ3v) is 1.77. The monoisotopic (exact) mass is 179 g/mol. The molecule has 0 heterocycles. The highest BCUT2D eigenvalue weighted by atomic mass is 16.4.